The minimum Gasteiger partial charge on any atom is -0.486 e. The molecule has 0 saturated carbocycles. The van der Waals surface area contributed by atoms with Gasteiger partial charge in [0, 0.05) is 61.9 Å². The quantitative estimate of drug-likeness (QED) is 0.0525. The Labute approximate surface area is 556 Å². The number of amides is 6. The number of likely N-dealkylation sites (N-methyl/N-ethyl adjacent to an activating group) is 2. The van der Waals surface area contributed by atoms with Crippen molar-refractivity contribution in [3.8, 4) is 34.5 Å². The van der Waals surface area contributed by atoms with Gasteiger partial charge in [-0.15, -0.1) is 0 Å². The summed E-state index contributed by atoms with van der Waals surface area (Å²) in [6.45, 7) is 8.26. The SMILES string of the molecule is CC1CN(C(C)CO)C(=O)c2cccc(NC(=O)Nc3cccc4ccccc34)c2OC1CN(C)S(=O)(=O)c1ccc2c(c1)OCCO2.C[C@@H]1CN([C@@H](C)CO)C(=O)c2cccc(NC(=O)Nc3cccc4ccccc34)c2O[C@H]1CN(C)S(=O)(=O)c1ccc2c(c1)OCCO2. The smallest absolute Gasteiger partial charge is 0.323 e. The van der Waals surface area contributed by atoms with Gasteiger partial charge in [-0.3, -0.25) is 9.59 Å². The summed E-state index contributed by atoms with van der Waals surface area (Å²) in [5.74, 6) is 0.333. The second kappa shape index (κ2) is 29.1. The molecule has 4 aliphatic rings. The zero-order chi connectivity index (χ0) is 68.0. The van der Waals surface area contributed by atoms with Crippen molar-refractivity contribution >= 4 is 88.2 Å². The first-order valence-corrected chi connectivity index (χ1v) is 34.3. The van der Waals surface area contributed by atoms with Gasteiger partial charge in [0.05, 0.1) is 82.1 Å². The minimum absolute atomic E-state index is 0.0336. The number of nitrogens with one attached hydrogen (secondary N) is 4. The molecule has 4 heterocycles. The van der Waals surface area contributed by atoms with Crippen molar-refractivity contribution in [2.75, 3.05) is 101 Å². The minimum atomic E-state index is -4.00. The van der Waals surface area contributed by atoms with Crippen molar-refractivity contribution in [2.45, 2.75) is 61.8 Å². The van der Waals surface area contributed by atoms with E-state index in [1.165, 1.54) is 47.0 Å². The van der Waals surface area contributed by atoms with Crippen LogP contribution in [0.5, 0.6) is 34.5 Å². The lowest BCUT2D eigenvalue weighted by atomic mass is 9.99. The molecule has 504 valence electrons. The van der Waals surface area contributed by atoms with E-state index in [9.17, 15) is 46.2 Å². The van der Waals surface area contributed by atoms with Crippen LogP contribution < -0.4 is 49.7 Å². The highest BCUT2D eigenvalue weighted by atomic mass is 32.2. The fourth-order valence-electron chi connectivity index (χ4n) is 11.8. The third-order valence-corrected chi connectivity index (χ3v) is 20.9. The zero-order valence-corrected chi connectivity index (χ0v) is 55.4. The average molecular weight is 1350 g/mol. The van der Waals surface area contributed by atoms with Gasteiger partial charge in [0.1, 0.15) is 38.6 Å². The third kappa shape index (κ3) is 14.6. The van der Waals surface area contributed by atoms with Crippen LogP contribution in [0.3, 0.4) is 0 Å². The van der Waals surface area contributed by atoms with Gasteiger partial charge < -0.3 is 69.7 Å². The maximum atomic E-state index is 13.9. The van der Waals surface area contributed by atoms with Crippen molar-refractivity contribution in [1.29, 1.82) is 0 Å². The summed E-state index contributed by atoms with van der Waals surface area (Å²) in [6, 6.07) is 43.0. The Morgan fingerprint density at radius 2 is 0.833 bits per heavy atom. The summed E-state index contributed by atoms with van der Waals surface area (Å²) in [5.41, 5.74) is 2.00. The molecule has 4 aliphatic heterocycles. The number of fused-ring (bicyclic) bond motifs is 6. The van der Waals surface area contributed by atoms with Gasteiger partial charge in [-0.05, 0) is 85.3 Å². The second-order valence-corrected chi connectivity index (χ2v) is 28.1. The predicted octanol–water partition coefficient (Wildman–Crippen LogP) is 9.59. The molecule has 12 rings (SSSR count). The lowest BCUT2D eigenvalue weighted by molar-refractivity contribution is 0.0384. The first-order chi connectivity index (χ1) is 46.1. The molecule has 24 nitrogen and oxygen atoms in total. The maximum absolute atomic E-state index is 13.9. The zero-order valence-electron chi connectivity index (χ0n) is 53.8. The van der Waals surface area contributed by atoms with Crippen LogP contribution in [-0.2, 0) is 20.0 Å². The number of rotatable bonds is 16. The Balaban J connectivity index is 0.000000195. The van der Waals surface area contributed by atoms with E-state index in [0.717, 1.165) is 21.5 Å². The number of benzene rings is 8. The van der Waals surface area contributed by atoms with Gasteiger partial charge in [0.25, 0.3) is 11.8 Å². The molecule has 3 unspecified atom stereocenters. The highest BCUT2D eigenvalue weighted by Crippen LogP contribution is 2.40. The number of para-hydroxylation sites is 2. The van der Waals surface area contributed by atoms with Gasteiger partial charge in [-0.25, -0.2) is 26.4 Å². The number of hydrogen-bond donors (Lipinski definition) is 6. The van der Waals surface area contributed by atoms with Crippen LogP contribution >= 0.6 is 0 Å². The molecule has 26 heteroatoms. The van der Waals surface area contributed by atoms with E-state index < -0.39 is 56.4 Å². The van der Waals surface area contributed by atoms with E-state index in [1.54, 1.807) is 84.3 Å². The number of anilines is 4. The summed E-state index contributed by atoms with van der Waals surface area (Å²) < 4.78 is 92.8. The molecule has 0 aliphatic carbocycles. The number of nitrogens with zero attached hydrogens (tertiary/aromatic N) is 4. The highest BCUT2D eigenvalue weighted by molar-refractivity contribution is 7.89. The molecule has 0 bridgehead atoms. The Kier molecular flexibility index (Phi) is 20.5. The van der Waals surface area contributed by atoms with Crippen molar-refractivity contribution in [2.24, 2.45) is 11.8 Å². The third-order valence-electron chi connectivity index (χ3n) is 17.3. The number of ether oxygens (including phenoxy) is 6. The molecule has 6 N–H and O–H groups in total. The van der Waals surface area contributed by atoms with Crippen molar-refractivity contribution in [3.63, 3.8) is 0 Å². The Hall–Kier alpha value is -9.70. The standard InChI is InChI=1S/2C35H38N4O8S/c2*1-22-19-39(23(2)21-40)34(41)27-11-7-13-29(37-35(42)36-28-12-6-9-24-8-4-5-10-26(24)28)33(27)47-32(22)20-38(3)48(43,44)25-14-15-30-31(18-25)46-17-16-45-30/h2*4-15,18,22-23,32,40H,16-17,19-21H2,1-3H3,(H2,36,37,42)/t22-,23+,32+;/m1./s1. The van der Waals surface area contributed by atoms with Gasteiger partial charge in [-0.2, -0.15) is 8.61 Å². The van der Waals surface area contributed by atoms with E-state index >= 15 is 0 Å². The second-order valence-electron chi connectivity index (χ2n) is 24.0. The average Bonchev–Trinajstić information content (AvgIpc) is 0.807. The highest BCUT2D eigenvalue weighted by Gasteiger charge is 2.39. The van der Waals surface area contributed by atoms with Gasteiger partial charge >= 0.3 is 12.1 Å². The van der Waals surface area contributed by atoms with Crippen LogP contribution in [0.2, 0.25) is 0 Å². The van der Waals surface area contributed by atoms with Crippen LogP contribution in [0.1, 0.15) is 48.4 Å². The van der Waals surface area contributed by atoms with Crippen molar-refractivity contribution < 1.29 is 74.6 Å². The van der Waals surface area contributed by atoms with Crippen LogP contribution in [0, 0.1) is 11.8 Å². The molecular formula is C70H76N8O16S2. The largest absolute Gasteiger partial charge is 0.486 e. The fourth-order valence-corrected chi connectivity index (χ4v) is 14.2. The summed E-state index contributed by atoms with van der Waals surface area (Å²) in [4.78, 5) is 57.7. The van der Waals surface area contributed by atoms with Crippen molar-refractivity contribution in [3.05, 3.63) is 169 Å². The number of hydrogen-bond acceptors (Lipinski definition) is 16. The first-order valence-electron chi connectivity index (χ1n) is 31.4. The van der Waals surface area contributed by atoms with Crippen LogP contribution in [0.25, 0.3) is 21.5 Å². The van der Waals surface area contributed by atoms with Gasteiger partial charge in [-0.1, -0.05) is 98.8 Å². The number of carbonyl (C=O) groups excluding carboxylic acids is 4. The number of urea groups is 2. The molecule has 0 saturated heterocycles. The lowest BCUT2D eigenvalue weighted by Gasteiger charge is -2.38. The molecule has 0 aromatic heterocycles. The van der Waals surface area contributed by atoms with E-state index in [2.05, 4.69) is 21.3 Å². The molecule has 0 radical (unpaired) electrons. The van der Waals surface area contributed by atoms with Crippen LogP contribution in [0.15, 0.2) is 168 Å². The predicted molar refractivity (Wildman–Crippen MR) is 363 cm³/mol. The molecule has 6 amide bonds. The monoisotopic (exact) mass is 1350 g/mol. The maximum Gasteiger partial charge on any atom is 0.323 e. The normalized spacial score (nSPS) is 18.4. The topological polar surface area (TPSA) is 293 Å². The summed E-state index contributed by atoms with van der Waals surface area (Å²) in [7, 11) is -5.08. The van der Waals surface area contributed by atoms with E-state index in [1.807, 2.05) is 86.6 Å². The van der Waals surface area contributed by atoms with E-state index in [-0.39, 0.29) is 107 Å². The van der Waals surface area contributed by atoms with Gasteiger partial charge in [0.15, 0.2) is 34.5 Å². The van der Waals surface area contributed by atoms with E-state index in [4.69, 9.17) is 28.4 Å². The van der Waals surface area contributed by atoms with Crippen LogP contribution in [0.4, 0.5) is 32.3 Å². The number of sulfonamides is 2. The van der Waals surface area contributed by atoms with E-state index in [0.29, 0.717) is 60.8 Å². The molecule has 96 heavy (non-hydrogen) atoms. The summed E-state index contributed by atoms with van der Waals surface area (Å²) in [5, 5.41) is 35.1. The summed E-state index contributed by atoms with van der Waals surface area (Å²) >= 11 is 0. The molecular weight excluding hydrogens is 1270 g/mol. The molecule has 6 atom stereocenters. The van der Waals surface area contributed by atoms with Crippen molar-refractivity contribution in [1.82, 2.24) is 18.4 Å². The summed E-state index contributed by atoms with van der Waals surface area (Å²) in [6.07, 6.45) is -1.52. The molecule has 0 fully saturated rings. The Bertz CT molecular complexity index is 4170. The van der Waals surface area contributed by atoms with Gasteiger partial charge in [0.2, 0.25) is 20.0 Å². The molecule has 8 aromatic rings. The molecule has 0 spiro atoms. The fraction of sp³-hybridized carbons (Fsp3) is 0.314. The number of aliphatic hydroxyl groups is 2. The lowest BCUT2D eigenvalue weighted by Crippen LogP contribution is -2.50. The molecule has 8 aromatic carbocycles. The first kappa shape index (κ1) is 67.7. The Morgan fingerprint density at radius 1 is 0.490 bits per heavy atom. The van der Waals surface area contributed by atoms with Crippen LogP contribution in [-0.4, -0.2) is 174 Å². The number of carbonyl (C=O) groups is 4. The Morgan fingerprint density at radius 3 is 1.23 bits per heavy atom. The number of aliphatic hydroxyl groups excluding tert-OH is 2.